The third-order valence-corrected chi connectivity index (χ3v) is 6.59. The number of hydrogen-bond acceptors (Lipinski definition) is 3. The van der Waals surface area contributed by atoms with E-state index in [0.29, 0.717) is 5.75 Å². The summed E-state index contributed by atoms with van der Waals surface area (Å²) in [6.07, 6.45) is 26.3. The maximum atomic E-state index is 5.59. The van der Waals surface area contributed by atoms with Crippen LogP contribution in [0.4, 0.5) is 0 Å². The lowest BCUT2D eigenvalue weighted by Crippen LogP contribution is -1.99. The number of hydrogen-bond donors (Lipinski definition) is 0. The van der Waals surface area contributed by atoms with Gasteiger partial charge in [-0.1, -0.05) is 122 Å². The van der Waals surface area contributed by atoms with Crippen LogP contribution in [0.25, 0.3) is 0 Å². The molecule has 0 saturated carbocycles. The van der Waals surface area contributed by atoms with Crippen LogP contribution in [0.2, 0.25) is 0 Å². The molecule has 0 N–H and O–H groups in total. The molecule has 0 amide bonds. The molecule has 0 bridgehead atoms. The molecule has 186 valence electrons. The maximum absolute atomic E-state index is 5.59. The van der Waals surface area contributed by atoms with Crippen molar-refractivity contribution in [3.8, 4) is 17.2 Å². The van der Waals surface area contributed by atoms with E-state index >= 15 is 0 Å². The lowest BCUT2D eigenvalue weighted by Gasteiger charge is -2.15. The van der Waals surface area contributed by atoms with Gasteiger partial charge in [-0.25, -0.2) is 0 Å². The fourth-order valence-electron chi connectivity index (χ4n) is 4.58. The van der Waals surface area contributed by atoms with Crippen LogP contribution in [0, 0.1) is 0 Å². The smallest absolute Gasteiger partial charge is 0.203 e. The van der Waals surface area contributed by atoms with Crippen molar-refractivity contribution in [1.29, 1.82) is 0 Å². The topological polar surface area (TPSA) is 27.7 Å². The highest BCUT2D eigenvalue weighted by Crippen LogP contribution is 2.40. The van der Waals surface area contributed by atoms with Gasteiger partial charge >= 0.3 is 0 Å². The molecule has 0 aromatic heterocycles. The summed E-state index contributed by atoms with van der Waals surface area (Å²) in [6.45, 7) is 2.29. The molecule has 0 heterocycles. The zero-order valence-electron chi connectivity index (χ0n) is 21.8. The summed E-state index contributed by atoms with van der Waals surface area (Å²) in [5.74, 6) is 2.25. The van der Waals surface area contributed by atoms with E-state index in [2.05, 4.69) is 13.0 Å². The van der Waals surface area contributed by atoms with Gasteiger partial charge in [0.1, 0.15) is 0 Å². The Balaban J connectivity index is 1.95. The fraction of sp³-hybridized carbons (Fsp3) is 0.793. The van der Waals surface area contributed by atoms with E-state index in [1.165, 1.54) is 121 Å². The Bertz CT molecular complexity index is 556. The Kier molecular flexibility index (Phi) is 18.1. The van der Waals surface area contributed by atoms with E-state index in [-0.39, 0.29) is 0 Å². The van der Waals surface area contributed by atoms with Crippen molar-refractivity contribution < 1.29 is 14.2 Å². The highest BCUT2D eigenvalue weighted by atomic mass is 16.5. The standard InChI is InChI=1S/C29H52O3/c1-5-6-7-8-9-10-11-12-13-14-15-16-17-18-19-20-21-22-23-26-24-25-27(30-2)29(32-4)28(26)31-3/h24-25H,5-23H2,1-4H3. The first-order valence-electron chi connectivity index (χ1n) is 13.6. The van der Waals surface area contributed by atoms with Crippen LogP contribution in [-0.4, -0.2) is 21.3 Å². The third kappa shape index (κ3) is 12.6. The van der Waals surface area contributed by atoms with Gasteiger partial charge in [0.2, 0.25) is 5.75 Å². The van der Waals surface area contributed by atoms with Crippen molar-refractivity contribution >= 4 is 0 Å². The molecule has 0 aliphatic rings. The second-order valence-electron chi connectivity index (χ2n) is 9.25. The van der Waals surface area contributed by atoms with Gasteiger partial charge in [0.15, 0.2) is 11.5 Å². The van der Waals surface area contributed by atoms with E-state index in [1.54, 1.807) is 21.3 Å². The van der Waals surface area contributed by atoms with Crippen molar-refractivity contribution in [2.24, 2.45) is 0 Å². The lowest BCUT2D eigenvalue weighted by atomic mass is 10.0. The van der Waals surface area contributed by atoms with Gasteiger partial charge in [-0.2, -0.15) is 0 Å². The van der Waals surface area contributed by atoms with Gasteiger partial charge in [-0.3, -0.25) is 0 Å². The molecular weight excluding hydrogens is 396 g/mol. The zero-order valence-corrected chi connectivity index (χ0v) is 21.8. The summed E-state index contributed by atoms with van der Waals surface area (Å²) in [5, 5.41) is 0. The summed E-state index contributed by atoms with van der Waals surface area (Å²) < 4.78 is 16.5. The lowest BCUT2D eigenvalue weighted by molar-refractivity contribution is 0.322. The van der Waals surface area contributed by atoms with Crippen LogP contribution < -0.4 is 14.2 Å². The predicted octanol–water partition coefficient (Wildman–Crippen LogP) is 9.30. The SMILES string of the molecule is CCCCCCCCCCCCCCCCCCCCc1ccc(OC)c(OC)c1OC. The largest absolute Gasteiger partial charge is 0.493 e. The summed E-state index contributed by atoms with van der Waals surface area (Å²) in [4.78, 5) is 0. The molecule has 0 spiro atoms. The Morgan fingerprint density at radius 1 is 0.469 bits per heavy atom. The summed E-state index contributed by atoms with van der Waals surface area (Å²) in [5.41, 5.74) is 1.21. The van der Waals surface area contributed by atoms with E-state index in [1.807, 2.05) is 6.07 Å². The zero-order chi connectivity index (χ0) is 23.3. The first-order chi connectivity index (χ1) is 15.8. The van der Waals surface area contributed by atoms with Gasteiger partial charge in [-0.05, 0) is 24.5 Å². The van der Waals surface area contributed by atoms with Crippen molar-refractivity contribution in [2.45, 2.75) is 129 Å². The van der Waals surface area contributed by atoms with Crippen LogP contribution in [-0.2, 0) is 6.42 Å². The molecule has 1 aromatic rings. The second kappa shape index (κ2) is 20.2. The van der Waals surface area contributed by atoms with E-state index in [4.69, 9.17) is 14.2 Å². The quantitative estimate of drug-likeness (QED) is 0.165. The molecule has 0 atom stereocenters. The molecule has 0 radical (unpaired) electrons. The number of benzene rings is 1. The molecule has 0 saturated heterocycles. The van der Waals surface area contributed by atoms with Gasteiger partial charge in [-0.15, -0.1) is 0 Å². The van der Waals surface area contributed by atoms with Crippen LogP contribution in [0.3, 0.4) is 0 Å². The van der Waals surface area contributed by atoms with Gasteiger partial charge in [0, 0.05) is 0 Å². The average molecular weight is 449 g/mol. The summed E-state index contributed by atoms with van der Waals surface area (Å²) in [6, 6.07) is 4.08. The Morgan fingerprint density at radius 3 is 1.25 bits per heavy atom. The molecule has 1 rings (SSSR count). The molecular formula is C29H52O3. The minimum atomic E-state index is 0.704. The van der Waals surface area contributed by atoms with Gasteiger partial charge in [0.05, 0.1) is 21.3 Å². The molecule has 0 unspecified atom stereocenters. The summed E-state index contributed by atoms with van der Waals surface area (Å²) >= 11 is 0. The van der Waals surface area contributed by atoms with Crippen molar-refractivity contribution in [1.82, 2.24) is 0 Å². The van der Waals surface area contributed by atoms with E-state index in [9.17, 15) is 0 Å². The molecule has 3 nitrogen and oxygen atoms in total. The minimum Gasteiger partial charge on any atom is -0.493 e. The van der Waals surface area contributed by atoms with E-state index < -0.39 is 0 Å². The Hall–Kier alpha value is -1.38. The van der Waals surface area contributed by atoms with Crippen molar-refractivity contribution in [3.05, 3.63) is 17.7 Å². The monoisotopic (exact) mass is 448 g/mol. The second-order valence-corrected chi connectivity index (χ2v) is 9.25. The molecule has 0 aliphatic heterocycles. The number of ether oxygens (including phenoxy) is 3. The maximum Gasteiger partial charge on any atom is 0.203 e. The number of rotatable bonds is 22. The van der Waals surface area contributed by atoms with E-state index in [0.717, 1.165) is 17.9 Å². The molecule has 32 heavy (non-hydrogen) atoms. The van der Waals surface area contributed by atoms with Crippen LogP contribution >= 0.6 is 0 Å². The van der Waals surface area contributed by atoms with Crippen LogP contribution in [0.1, 0.15) is 128 Å². The summed E-state index contributed by atoms with van der Waals surface area (Å²) in [7, 11) is 5.03. The Morgan fingerprint density at radius 2 is 0.875 bits per heavy atom. The highest BCUT2D eigenvalue weighted by molar-refractivity contribution is 5.55. The molecule has 1 aromatic carbocycles. The number of methoxy groups -OCH3 is 3. The number of unbranched alkanes of at least 4 members (excludes halogenated alkanes) is 17. The molecule has 0 fully saturated rings. The van der Waals surface area contributed by atoms with Gasteiger partial charge in [0.25, 0.3) is 0 Å². The fourth-order valence-corrected chi connectivity index (χ4v) is 4.58. The van der Waals surface area contributed by atoms with Gasteiger partial charge < -0.3 is 14.2 Å². The van der Waals surface area contributed by atoms with Crippen molar-refractivity contribution in [2.75, 3.05) is 21.3 Å². The molecule has 0 aliphatic carbocycles. The normalized spacial score (nSPS) is 11.0. The first-order valence-corrected chi connectivity index (χ1v) is 13.6. The highest BCUT2D eigenvalue weighted by Gasteiger charge is 2.15. The molecule has 3 heteroatoms. The average Bonchev–Trinajstić information content (AvgIpc) is 2.82. The first kappa shape index (κ1) is 28.7. The van der Waals surface area contributed by atoms with Crippen LogP contribution in [0.15, 0.2) is 12.1 Å². The minimum absolute atomic E-state index is 0.704. The van der Waals surface area contributed by atoms with Crippen molar-refractivity contribution in [3.63, 3.8) is 0 Å². The third-order valence-electron chi connectivity index (χ3n) is 6.59. The number of aryl methyl sites for hydroxylation is 1. The van der Waals surface area contributed by atoms with Crippen LogP contribution in [0.5, 0.6) is 17.2 Å². The Labute approximate surface area is 199 Å². The predicted molar refractivity (Wildman–Crippen MR) is 139 cm³/mol.